The molecule has 150 valence electrons. The Morgan fingerprint density at radius 1 is 0.812 bits per heavy atom. The molecule has 12 heteroatoms. The smallest absolute Gasteiger partial charge is 0.199 e. The second-order valence-electron chi connectivity index (χ2n) is 7.49. The molecule has 5 rings (SSSR count). The van der Waals surface area contributed by atoms with Gasteiger partial charge in [-0.3, -0.25) is 5.32 Å². The number of aliphatic imine (C=N–C) groups is 2. The van der Waals surface area contributed by atoms with E-state index in [1.54, 1.807) is 26.0 Å². The van der Waals surface area contributed by atoms with Gasteiger partial charge in [-0.05, 0) is 26.0 Å². The molecule has 0 aliphatic carbocycles. The first-order chi connectivity index (χ1) is 15.3. The molecule has 2 N–H and O–H groups in total. The van der Waals surface area contributed by atoms with E-state index in [2.05, 4.69) is 46.6 Å². The van der Waals surface area contributed by atoms with Crippen LogP contribution in [0.5, 0.6) is 0 Å². The van der Waals surface area contributed by atoms with Crippen molar-refractivity contribution in [3.8, 4) is 24.3 Å². The molecule has 2 aliphatic heterocycles. The van der Waals surface area contributed by atoms with Crippen molar-refractivity contribution in [2.75, 3.05) is 5.32 Å². The van der Waals surface area contributed by atoms with Crippen LogP contribution in [0.4, 0.5) is 11.4 Å². The predicted molar refractivity (Wildman–Crippen MR) is 111 cm³/mol. The molecule has 0 saturated carbocycles. The van der Waals surface area contributed by atoms with E-state index in [9.17, 15) is 21.0 Å². The number of aromatic nitrogens is 4. The lowest BCUT2D eigenvalue weighted by molar-refractivity contribution is 0.432. The Balaban J connectivity index is 1.72. The van der Waals surface area contributed by atoms with Gasteiger partial charge in [-0.15, -0.1) is 0 Å². The maximum absolute atomic E-state index is 9.59. The molecule has 0 spiro atoms. The maximum atomic E-state index is 9.59. The molecule has 0 bridgehead atoms. The number of amidine groups is 1. The number of hydrogen-bond donors (Lipinski definition) is 2. The van der Waals surface area contributed by atoms with Crippen LogP contribution in [0, 0.1) is 45.3 Å². The summed E-state index contributed by atoms with van der Waals surface area (Å²) in [5.74, 6) is 0.299. The third-order valence-electron chi connectivity index (χ3n) is 5.20. The third kappa shape index (κ3) is 2.55. The van der Waals surface area contributed by atoms with E-state index in [-0.39, 0.29) is 28.4 Å². The monoisotopic (exact) mass is 418 g/mol. The molecule has 0 radical (unpaired) electrons. The Morgan fingerprint density at radius 3 is 2.00 bits per heavy atom. The van der Waals surface area contributed by atoms with Crippen molar-refractivity contribution < 1.29 is 0 Å². The molecule has 2 aromatic heterocycles. The van der Waals surface area contributed by atoms with E-state index < -0.39 is 11.2 Å². The van der Waals surface area contributed by atoms with Crippen LogP contribution in [0.15, 0.2) is 22.1 Å². The van der Waals surface area contributed by atoms with Crippen molar-refractivity contribution in [1.82, 2.24) is 25.3 Å². The van der Waals surface area contributed by atoms with Crippen molar-refractivity contribution in [1.29, 1.82) is 21.0 Å². The van der Waals surface area contributed by atoms with Crippen LogP contribution >= 0.6 is 0 Å². The van der Waals surface area contributed by atoms with E-state index in [0.29, 0.717) is 28.2 Å². The number of nitrogens with zero attached hydrogens (tertiary/aromatic N) is 10. The van der Waals surface area contributed by atoms with Crippen molar-refractivity contribution >= 4 is 45.2 Å². The lowest BCUT2D eigenvalue weighted by Gasteiger charge is -2.43. The van der Waals surface area contributed by atoms with E-state index in [1.807, 2.05) is 18.2 Å². The zero-order valence-electron chi connectivity index (χ0n) is 16.6. The van der Waals surface area contributed by atoms with E-state index in [4.69, 9.17) is 0 Å². The number of nitrogens with one attached hydrogen (secondary N) is 2. The summed E-state index contributed by atoms with van der Waals surface area (Å²) >= 11 is 0. The molecule has 2 unspecified atom stereocenters. The van der Waals surface area contributed by atoms with Crippen LogP contribution in [0.25, 0.3) is 22.3 Å². The van der Waals surface area contributed by atoms with Crippen LogP contribution in [-0.4, -0.2) is 42.7 Å². The highest BCUT2D eigenvalue weighted by molar-refractivity contribution is 6.18. The van der Waals surface area contributed by atoms with Crippen LogP contribution in [0.1, 0.15) is 25.2 Å². The largest absolute Gasteiger partial charge is 0.359 e. The normalized spacial score (nSPS) is 23.3. The van der Waals surface area contributed by atoms with E-state index in [1.165, 1.54) is 0 Å². The highest BCUT2D eigenvalue weighted by Crippen LogP contribution is 2.38. The molecule has 2 aliphatic rings. The number of benzene rings is 1. The number of nitriles is 4. The van der Waals surface area contributed by atoms with Crippen LogP contribution < -0.4 is 10.6 Å². The van der Waals surface area contributed by atoms with Crippen molar-refractivity contribution in [2.45, 2.75) is 25.0 Å². The van der Waals surface area contributed by atoms with Gasteiger partial charge in [-0.25, -0.2) is 29.9 Å². The van der Waals surface area contributed by atoms with E-state index in [0.717, 1.165) is 0 Å². The lowest BCUT2D eigenvalue weighted by Crippen LogP contribution is -2.68. The molecule has 0 fully saturated rings. The minimum atomic E-state index is -1.29. The summed E-state index contributed by atoms with van der Waals surface area (Å²) in [6.45, 7) is 3.35. The predicted octanol–water partition coefficient (Wildman–Crippen LogP) is 1.34. The van der Waals surface area contributed by atoms with Gasteiger partial charge < -0.3 is 5.32 Å². The van der Waals surface area contributed by atoms with Gasteiger partial charge in [0.05, 0.1) is 28.5 Å². The fourth-order valence-corrected chi connectivity index (χ4v) is 3.66. The van der Waals surface area contributed by atoms with Crippen molar-refractivity contribution in [3.63, 3.8) is 0 Å². The second kappa shape index (κ2) is 6.23. The van der Waals surface area contributed by atoms with Crippen LogP contribution in [0.2, 0.25) is 0 Å². The summed E-state index contributed by atoms with van der Waals surface area (Å²) in [5.41, 5.74) is -0.257. The summed E-state index contributed by atoms with van der Waals surface area (Å²) in [5, 5.41) is 43.8. The molecule has 0 saturated heterocycles. The van der Waals surface area contributed by atoms with Gasteiger partial charge in [0.1, 0.15) is 23.9 Å². The van der Waals surface area contributed by atoms with Gasteiger partial charge in [0.25, 0.3) is 0 Å². The van der Waals surface area contributed by atoms with Crippen molar-refractivity contribution in [2.24, 2.45) is 9.98 Å². The number of hydrogen-bond acceptors (Lipinski definition) is 12. The fourth-order valence-electron chi connectivity index (χ4n) is 3.66. The second-order valence-corrected chi connectivity index (χ2v) is 7.49. The van der Waals surface area contributed by atoms with Crippen LogP contribution in [-0.2, 0) is 0 Å². The Labute approximate surface area is 180 Å². The topological polar surface area (TPSA) is 195 Å². The molecule has 12 nitrogen and oxygen atoms in total. The van der Waals surface area contributed by atoms with Gasteiger partial charge in [0.15, 0.2) is 39.8 Å². The average Bonchev–Trinajstić information content (AvgIpc) is 2.78. The Morgan fingerprint density at radius 2 is 1.44 bits per heavy atom. The standard InChI is InChI=1S/C20H10N12/c1-19(8-24)15(7-23)30-18-20(2,32-19)31-12-4-10-9(3-11(12)29-18)25-16-17(26-10)28-14(6-22)13(5-21)27-16/h3-4,31-32H,1-2H3. The number of rotatable bonds is 0. The van der Waals surface area contributed by atoms with Crippen molar-refractivity contribution in [3.05, 3.63) is 23.5 Å². The summed E-state index contributed by atoms with van der Waals surface area (Å²) in [7, 11) is 0. The molecule has 2 atom stereocenters. The average molecular weight is 418 g/mol. The molecule has 32 heavy (non-hydrogen) atoms. The first kappa shape index (κ1) is 19.0. The zero-order valence-corrected chi connectivity index (χ0v) is 16.6. The van der Waals surface area contributed by atoms with Gasteiger partial charge in [-0.1, -0.05) is 0 Å². The molecule has 0 amide bonds. The summed E-state index contributed by atoms with van der Waals surface area (Å²) in [4.78, 5) is 25.9. The van der Waals surface area contributed by atoms with Crippen LogP contribution in [0.3, 0.4) is 0 Å². The van der Waals surface area contributed by atoms with E-state index >= 15 is 0 Å². The molecule has 3 aromatic rings. The summed E-state index contributed by atoms with van der Waals surface area (Å²) in [6.07, 6.45) is 0. The molecular weight excluding hydrogens is 408 g/mol. The number of anilines is 1. The lowest BCUT2D eigenvalue weighted by atomic mass is 9.91. The first-order valence-corrected chi connectivity index (χ1v) is 9.23. The zero-order chi connectivity index (χ0) is 22.7. The van der Waals surface area contributed by atoms with Gasteiger partial charge in [0.2, 0.25) is 0 Å². The Kier molecular flexibility index (Phi) is 3.69. The quantitative estimate of drug-likeness (QED) is 0.502. The Hall–Kier alpha value is -5.04. The highest BCUT2D eigenvalue weighted by atomic mass is 15.3. The SMILES string of the molecule is CC1(C#N)NC2(C)Nc3cc4nc5nc(C#N)c(C#N)nc5nc4cc3N=C2N=C1C#N. The minimum absolute atomic E-state index is 0.0145. The van der Waals surface area contributed by atoms with Gasteiger partial charge >= 0.3 is 0 Å². The first-order valence-electron chi connectivity index (χ1n) is 9.23. The molecule has 4 heterocycles. The highest BCUT2D eigenvalue weighted by Gasteiger charge is 2.48. The molecular formula is C20H10N12. The van der Waals surface area contributed by atoms with Gasteiger partial charge in [0, 0.05) is 0 Å². The Bertz CT molecular complexity index is 1610. The fraction of sp³-hybridized carbons (Fsp3) is 0.200. The summed E-state index contributed by atoms with van der Waals surface area (Å²) in [6, 6.07) is 11.1. The third-order valence-corrected chi connectivity index (χ3v) is 5.20. The number of fused-ring (bicyclic) bond motifs is 4. The minimum Gasteiger partial charge on any atom is -0.359 e. The maximum Gasteiger partial charge on any atom is 0.199 e. The van der Waals surface area contributed by atoms with Gasteiger partial charge in [-0.2, -0.15) is 21.0 Å². The molecule has 1 aromatic carbocycles. The summed E-state index contributed by atoms with van der Waals surface area (Å²) < 4.78 is 0.